The molecule has 0 aliphatic heterocycles. The van der Waals surface area contributed by atoms with Crippen LogP contribution in [0.2, 0.25) is 0 Å². The van der Waals surface area contributed by atoms with E-state index in [1.807, 2.05) is 51.1 Å². The number of hydrogen-bond acceptors (Lipinski definition) is 3. The van der Waals surface area contributed by atoms with Crippen LogP contribution in [-0.4, -0.2) is 24.8 Å². The van der Waals surface area contributed by atoms with Crippen molar-refractivity contribution in [3.05, 3.63) is 35.9 Å². The fourth-order valence-electron chi connectivity index (χ4n) is 2.20. The minimum atomic E-state index is -0.486. The number of rotatable bonds is 8. The van der Waals surface area contributed by atoms with E-state index in [0.29, 0.717) is 5.92 Å². The molecule has 1 amide bonds. The summed E-state index contributed by atoms with van der Waals surface area (Å²) in [6.45, 7) is 11.9. The number of amides is 1. The summed E-state index contributed by atoms with van der Waals surface area (Å²) in [6, 6.07) is 10.00. The molecule has 4 nitrogen and oxygen atoms in total. The van der Waals surface area contributed by atoms with E-state index in [1.54, 1.807) is 0 Å². The number of alkyl carbamates (subject to hydrolysis) is 1. The average Bonchev–Trinajstić information content (AvgIpc) is 2.49. The van der Waals surface area contributed by atoms with Crippen molar-refractivity contribution in [1.82, 2.24) is 10.6 Å². The van der Waals surface area contributed by atoms with E-state index in [4.69, 9.17) is 4.74 Å². The normalized spacial score (nSPS) is 14.1. The van der Waals surface area contributed by atoms with Gasteiger partial charge in [-0.3, -0.25) is 0 Å². The largest absolute Gasteiger partial charge is 0.444 e. The number of nitrogens with one attached hydrogen (secondary N) is 2. The van der Waals surface area contributed by atoms with Crippen LogP contribution in [0.1, 0.15) is 59.1 Å². The zero-order chi connectivity index (χ0) is 17.3. The summed E-state index contributed by atoms with van der Waals surface area (Å²) in [5, 5.41) is 6.46. The molecule has 0 saturated heterocycles. The van der Waals surface area contributed by atoms with Gasteiger partial charge in [0.15, 0.2) is 0 Å². The first-order chi connectivity index (χ1) is 10.8. The molecule has 0 fully saturated rings. The summed E-state index contributed by atoms with van der Waals surface area (Å²) >= 11 is 0. The predicted octanol–water partition coefficient (Wildman–Crippen LogP) is 4.28. The van der Waals surface area contributed by atoms with Gasteiger partial charge in [0.1, 0.15) is 5.60 Å². The average molecular weight is 320 g/mol. The Morgan fingerprint density at radius 2 is 1.87 bits per heavy atom. The van der Waals surface area contributed by atoms with E-state index in [9.17, 15) is 4.79 Å². The second-order valence-corrected chi connectivity index (χ2v) is 7.12. The molecule has 0 radical (unpaired) electrons. The predicted molar refractivity (Wildman–Crippen MR) is 95.5 cm³/mol. The third kappa shape index (κ3) is 8.60. The van der Waals surface area contributed by atoms with Crippen LogP contribution in [0.4, 0.5) is 4.79 Å². The molecular formula is C19H32N2O2. The van der Waals surface area contributed by atoms with Gasteiger partial charge in [-0.25, -0.2) is 4.79 Å². The van der Waals surface area contributed by atoms with Crippen molar-refractivity contribution in [2.24, 2.45) is 5.92 Å². The van der Waals surface area contributed by atoms with Crippen LogP contribution < -0.4 is 10.6 Å². The van der Waals surface area contributed by atoms with Crippen molar-refractivity contribution in [1.29, 1.82) is 0 Å². The number of hydrogen-bond donors (Lipinski definition) is 2. The lowest BCUT2D eigenvalue weighted by molar-refractivity contribution is 0.0501. The summed E-state index contributed by atoms with van der Waals surface area (Å²) in [5.74, 6) is 0.670. The molecule has 1 rings (SSSR count). The molecule has 130 valence electrons. The Morgan fingerprint density at radius 1 is 1.22 bits per heavy atom. The Hall–Kier alpha value is -1.55. The summed E-state index contributed by atoms with van der Waals surface area (Å²) in [5.41, 5.74) is 0.615. The lowest BCUT2D eigenvalue weighted by Gasteiger charge is -2.24. The number of carbonyl (C=O) groups excluding carboxylic acids is 1. The zero-order valence-corrected chi connectivity index (χ0v) is 15.2. The fourth-order valence-corrected chi connectivity index (χ4v) is 2.20. The summed E-state index contributed by atoms with van der Waals surface area (Å²) in [6.07, 6.45) is 1.64. The van der Waals surface area contributed by atoms with E-state index in [2.05, 4.69) is 24.5 Å². The first-order valence-electron chi connectivity index (χ1n) is 8.57. The first kappa shape index (κ1) is 19.5. The van der Waals surface area contributed by atoms with E-state index < -0.39 is 5.60 Å². The molecule has 1 aromatic rings. The van der Waals surface area contributed by atoms with Crippen molar-refractivity contribution < 1.29 is 9.53 Å². The van der Waals surface area contributed by atoms with Crippen molar-refractivity contribution in [2.75, 3.05) is 13.1 Å². The maximum atomic E-state index is 12.1. The molecule has 2 N–H and O–H groups in total. The molecule has 2 atom stereocenters. The second-order valence-electron chi connectivity index (χ2n) is 7.12. The monoisotopic (exact) mass is 320 g/mol. The van der Waals surface area contributed by atoms with Gasteiger partial charge in [-0.2, -0.15) is 0 Å². The number of ether oxygens (including phenoxy) is 1. The molecule has 0 aliphatic rings. The molecule has 2 unspecified atom stereocenters. The maximum absolute atomic E-state index is 12.1. The lowest BCUT2D eigenvalue weighted by Crippen LogP contribution is -2.36. The molecule has 0 aromatic heterocycles. The third-order valence-corrected chi connectivity index (χ3v) is 3.69. The Labute approximate surface area is 141 Å². The van der Waals surface area contributed by atoms with Gasteiger partial charge in [0.2, 0.25) is 0 Å². The summed E-state index contributed by atoms with van der Waals surface area (Å²) in [7, 11) is 0. The van der Waals surface area contributed by atoms with Gasteiger partial charge in [0.05, 0.1) is 6.04 Å². The number of carbonyl (C=O) groups is 1. The van der Waals surface area contributed by atoms with Crippen molar-refractivity contribution in [3.63, 3.8) is 0 Å². The molecule has 0 saturated carbocycles. The van der Waals surface area contributed by atoms with Gasteiger partial charge in [-0.05, 0) is 51.8 Å². The van der Waals surface area contributed by atoms with Crippen LogP contribution in [0.25, 0.3) is 0 Å². The summed E-state index contributed by atoms with van der Waals surface area (Å²) < 4.78 is 5.38. The van der Waals surface area contributed by atoms with Gasteiger partial charge in [-0.1, -0.05) is 50.6 Å². The van der Waals surface area contributed by atoms with Crippen molar-refractivity contribution in [3.8, 4) is 0 Å². The minimum Gasteiger partial charge on any atom is -0.444 e. The maximum Gasteiger partial charge on any atom is 0.408 e. The highest BCUT2D eigenvalue weighted by Gasteiger charge is 2.20. The first-order valence-corrected chi connectivity index (χ1v) is 8.57. The van der Waals surface area contributed by atoms with Crippen molar-refractivity contribution >= 4 is 6.09 Å². The van der Waals surface area contributed by atoms with Gasteiger partial charge in [0.25, 0.3) is 0 Å². The zero-order valence-electron chi connectivity index (χ0n) is 15.2. The van der Waals surface area contributed by atoms with E-state index in [1.165, 1.54) is 6.42 Å². The molecular weight excluding hydrogens is 288 g/mol. The Morgan fingerprint density at radius 3 is 2.43 bits per heavy atom. The lowest BCUT2D eigenvalue weighted by atomic mass is 10.0. The quantitative estimate of drug-likeness (QED) is 0.703. The van der Waals surface area contributed by atoms with Crippen LogP contribution in [0.5, 0.6) is 0 Å². The van der Waals surface area contributed by atoms with Crippen LogP contribution in [0, 0.1) is 5.92 Å². The van der Waals surface area contributed by atoms with Gasteiger partial charge in [-0.15, -0.1) is 0 Å². The number of benzene rings is 1. The minimum absolute atomic E-state index is 0.0458. The fraction of sp³-hybridized carbons (Fsp3) is 0.632. The summed E-state index contributed by atoms with van der Waals surface area (Å²) in [4.78, 5) is 12.1. The Bertz CT molecular complexity index is 454. The van der Waals surface area contributed by atoms with Gasteiger partial charge < -0.3 is 15.4 Å². The molecule has 4 heteroatoms. The van der Waals surface area contributed by atoms with E-state index >= 15 is 0 Å². The molecule has 0 bridgehead atoms. The topological polar surface area (TPSA) is 50.4 Å². The Kier molecular flexibility index (Phi) is 8.10. The van der Waals surface area contributed by atoms with Gasteiger partial charge >= 0.3 is 6.09 Å². The Balaban J connectivity index is 2.58. The third-order valence-electron chi connectivity index (χ3n) is 3.69. The molecule has 23 heavy (non-hydrogen) atoms. The second kappa shape index (κ2) is 9.56. The SMILES string of the molecule is CCC(C)CNCCC(NC(=O)OC(C)(C)C)c1ccccc1. The highest BCUT2D eigenvalue weighted by Crippen LogP contribution is 2.17. The standard InChI is InChI=1S/C19H32N2O2/c1-6-15(2)14-20-13-12-17(16-10-8-7-9-11-16)21-18(22)23-19(3,4)5/h7-11,15,17,20H,6,12-14H2,1-5H3,(H,21,22). The smallest absolute Gasteiger partial charge is 0.408 e. The highest BCUT2D eigenvalue weighted by atomic mass is 16.6. The van der Waals surface area contributed by atoms with Crippen LogP contribution in [-0.2, 0) is 4.74 Å². The molecule has 0 spiro atoms. The van der Waals surface area contributed by atoms with Crippen molar-refractivity contribution in [2.45, 2.75) is 59.1 Å². The van der Waals surface area contributed by atoms with Crippen LogP contribution >= 0.6 is 0 Å². The van der Waals surface area contributed by atoms with Crippen LogP contribution in [0.15, 0.2) is 30.3 Å². The molecule has 0 heterocycles. The van der Waals surface area contributed by atoms with E-state index in [-0.39, 0.29) is 12.1 Å². The highest BCUT2D eigenvalue weighted by molar-refractivity contribution is 5.68. The molecule has 1 aromatic carbocycles. The van der Waals surface area contributed by atoms with Gasteiger partial charge in [0, 0.05) is 0 Å². The molecule has 0 aliphatic carbocycles. The van der Waals surface area contributed by atoms with Crippen LogP contribution in [0.3, 0.4) is 0 Å². The van der Waals surface area contributed by atoms with E-state index in [0.717, 1.165) is 25.1 Å².